The van der Waals surface area contributed by atoms with Crippen molar-refractivity contribution in [3.8, 4) is 23.0 Å². The molecule has 1 aliphatic rings. The van der Waals surface area contributed by atoms with Gasteiger partial charge in [-0.2, -0.15) is 5.10 Å². The summed E-state index contributed by atoms with van der Waals surface area (Å²) in [5.74, 6) is 1.93. The summed E-state index contributed by atoms with van der Waals surface area (Å²) >= 11 is 0. The van der Waals surface area contributed by atoms with Gasteiger partial charge in [-0.3, -0.25) is 0 Å². The lowest BCUT2D eigenvalue weighted by atomic mass is 9.93. The number of phenols is 1. The van der Waals surface area contributed by atoms with E-state index in [9.17, 15) is 5.11 Å². The van der Waals surface area contributed by atoms with Crippen LogP contribution in [0.5, 0.6) is 23.0 Å². The fourth-order valence-electron chi connectivity index (χ4n) is 3.69. The number of phenolic OH excluding ortho intramolecular Hbond substituents is 1. The second-order valence-electron chi connectivity index (χ2n) is 6.57. The quantitative estimate of drug-likeness (QED) is 0.702. The summed E-state index contributed by atoms with van der Waals surface area (Å²) in [7, 11) is 4.77. The molecule has 0 bridgehead atoms. The highest BCUT2D eigenvalue weighted by atomic mass is 16.5. The average Bonchev–Trinajstić information content (AvgIpc) is 3.21. The Bertz CT molecular complexity index is 1060. The Morgan fingerprint density at radius 3 is 2.39 bits per heavy atom. The van der Waals surface area contributed by atoms with Crippen LogP contribution in [-0.4, -0.2) is 32.1 Å². The summed E-state index contributed by atoms with van der Waals surface area (Å²) in [6.45, 7) is 0. The van der Waals surface area contributed by atoms with Crippen molar-refractivity contribution < 1.29 is 19.3 Å². The van der Waals surface area contributed by atoms with Gasteiger partial charge in [-0.1, -0.05) is 30.3 Å². The van der Waals surface area contributed by atoms with Crippen molar-refractivity contribution in [1.82, 2.24) is 5.43 Å². The molecule has 0 radical (unpaired) electrons. The van der Waals surface area contributed by atoms with Crippen molar-refractivity contribution in [2.45, 2.75) is 12.5 Å². The first-order valence-electron chi connectivity index (χ1n) is 8.99. The van der Waals surface area contributed by atoms with Gasteiger partial charge in [-0.15, -0.1) is 0 Å². The maximum Gasteiger partial charge on any atom is 0.164 e. The zero-order chi connectivity index (χ0) is 19.7. The van der Waals surface area contributed by atoms with Crippen LogP contribution in [0.4, 0.5) is 0 Å². The number of rotatable bonds is 5. The van der Waals surface area contributed by atoms with Crippen molar-refractivity contribution in [3.63, 3.8) is 0 Å². The van der Waals surface area contributed by atoms with Crippen molar-refractivity contribution in [2.75, 3.05) is 21.3 Å². The van der Waals surface area contributed by atoms with Gasteiger partial charge < -0.3 is 24.7 Å². The van der Waals surface area contributed by atoms with Crippen LogP contribution in [0, 0.1) is 0 Å². The first-order chi connectivity index (χ1) is 13.7. The molecule has 0 saturated carbocycles. The number of methoxy groups -OCH3 is 3. The smallest absolute Gasteiger partial charge is 0.164 e. The van der Waals surface area contributed by atoms with Crippen molar-refractivity contribution >= 4 is 16.5 Å². The van der Waals surface area contributed by atoms with E-state index in [0.29, 0.717) is 23.5 Å². The fourth-order valence-corrected chi connectivity index (χ4v) is 3.69. The highest BCUT2D eigenvalue weighted by Gasteiger charge is 2.28. The largest absolute Gasteiger partial charge is 0.507 e. The maximum absolute atomic E-state index is 10.5. The van der Waals surface area contributed by atoms with E-state index in [-0.39, 0.29) is 11.8 Å². The molecule has 6 heteroatoms. The monoisotopic (exact) mass is 378 g/mol. The summed E-state index contributed by atoms with van der Waals surface area (Å²) in [6.07, 6.45) is 0.605. The molecule has 0 aromatic heterocycles. The number of nitrogens with zero attached hydrogens (tertiary/aromatic N) is 1. The molecule has 3 aromatic carbocycles. The Kier molecular flexibility index (Phi) is 4.69. The third-order valence-electron chi connectivity index (χ3n) is 5.06. The molecule has 1 heterocycles. The summed E-state index contributed by atoms with van der Waals surface area (Å²) in [5, 5.41) is 17.2. The van der Waals surface area contributed by atoms with Crippen LogP contribution in [0.15, 0.2) is 53.6 Å². The highest BCUT2D eigenvalue weighted by Crippen LogP contribution is 2.40. The lowest BCUT2D eigenvalue weighted by Crippen LogP contribution is -2.12. The van der Waals surface area contributed by atoms with E-state index in [1.54, 1.807) is 26.4 Å². The summed E-state index contributed by atoms with van der Waals surface area (Å²) in [5.41, 5.74) is 5.63. The number of aromatic hydroxyl groups is 1. The zero-order valence-electron chi connectivity index (χ0n) is 16.0. The standard InChI is InChI=1S/C22H22N2O4/c1-26-19-9-8-13-6-4-5-7-14(13)22(19)17-11-16(23-24-17)15-10-20(27-2)21(28-3)12-18(15)25/h4-10,12,17,24-25H,11H2,1-3H3. The van der Waals surface area contributed by atoms with Gasteiger partial charge in [0.15, 0.2) is 11.5 Å². The maximum atomic E-state index is 10.5. The normalized spacial score (nSPS) is 15.8. The van der Waals surface area contributed by atoms with Gasteiger partial charge in [0.05, 0.1) is 33.1 Å². The molecule has 0 fully saturated rings. The molecule has 0 amide bonds. The van der Waals surface area contributed by atoms with Crippen LogP contribution in [0.2, 0.25) is 0 Å². The van der Waals surface area contributed by atoms with Crippen molar-refractivity contribution in [1.29, 1.82) is 0 Å². The lowest BCUT2D eigenvalue weighted by molar-refractivity contribution is 0.351. The van der Waals surface area contributed by atoms with Crippen molar-refractivity contribution in [2.24, 2.45) is 5.10 Å². The van der Waals surface area contributed by atoms with E-state index in [1.807, 2.05) is 18.2 Å². The van der Waals surface area contributed by atoms with Crippen LogP contribution in [0.1, 0.15) is 23.6 Å². The second-order valence-corrected chi connectivity index (χ2v) is 6.57. The van der Waals surface area contributed by atoms with Crippen LogP contribution in [0.25, 0.3) is 10.8 Å². The average molecular weight is 378 g/mol. The predicted octanol–water partition coefficient (Wildman–Crippen LogP) is 4.01. The van der Waals surface area contributed by atoms with Gasteiger partial charge in [-0.05, 0) is 22.9 Å². The van der Waals surface area contributed by atoms with Crippen LogP contribution in [0.3, 0.4) is 0 Å². The minimum atomic E-state index is -0.0662. The van der Waals surface area contributed by atoms with Crippen LogP contribution < -0.4 is 19.6 Å². The Morgan fingerprint density at radius 2 is 1.64 bits per heavy atom. The zero-order valence-corrected chi connectivity index (χ0v) is 16.0. The number of ether oxygens (including phenoxy) is 3. The number of nitrogens with one attached hydrogen (secondary N) is 1. The third kappa shape index (κ3) is 2.97. The van der Waals surface area contributed by atoms with Crippen molar-refractivity contribution in [3.05, 3.63) is 59.7 Å². The summed E-state index contributed by atoms with van der Waals surface area (Å²) < 4.78 is 16.2. The van der Waals surface area contributed by atoms with Gasteiger partial charge in [0, 0.05) is 23.6 Å². The molecule has 0 saturated heterocycles. The molecule has 3 aromatic rings. The van der Waals surface area contributed by atoms with Crippen LogP contribution >= 0.6 is 0 Å². The molecule has 1 unspecified atom stereocenters. The molecular weight excluding hydrogens is 356 g/mol. The second kappa shape index (κ2) is 7.31. The molecule has 28 heavy (non-hydrogen) atoms. The van der Waals surface area contributed by atoms with Gasteiger partial charge in [-0.25, -0.2) is 0 Å². The molecule has 2 N–H and O–H groups in total. The Hall–Kier alpha value is -3.41. The first-order valence-corrected chi connectivity index (χ1v) is 8.99. The molecule has 144 valence electrons. The molecule has 6 nitrogen and oxygen atoms in total. The van der Waals surface area contributed by atoms with E-state index in [1.165, 1.54) is 7.11 Å². The number of benzene rings is 3. The molecule has 4 rings (SSSR count). The van der Waals surface area contributed by atoms with Gasteiger partial charge in [0.2, 0.25) is 0 Å². The Balaban J connectivity index is 1.71. The minimum Gasteiger partial charge on any atom is -0.507 e. The molecule has 0 aliphatic carbocycles. The number of fused-ring (bicyclic) bond motifs is 1. The highest BCUT2D eigenvalue weighted by molar-refractivity contribution is 6.05. The van der Waals surface area contributed by atoms with E-state index in [2.05, 4.69) is 28.7 Å². The van der Waals surface area contributed by atoms with Gasteiger partial charge in [0.25, 0.3) is 0 Å². The molecule has 1 aliphatic heterocycles. The van der Waals surface area contributed by atoms with E-state index in [0.717, 1.165) is 27.8 Å². The number of hydrazone groups is 1. The SMILES string of the molecule is COc1cc(O)c(C2=NNC(c3c(OC)ccc4ccccc34)C2)cc1OC. The first kappa shape index (κ1) is 18.0. The topological polar surface area (TPSA) is 72.3 Å². The fraction of sp³-hybridized carbons (Fsp3) is 0.227. The molecule has 0 spiro atoms. The van der Waals surface area contributed by atoms with Gasteiger partial charge in [0.1, 0.15) is 11.5 Å². The Morgan fingerprint density at radius 1 is 0.929 bits per heavy atom. The van der Waals surface area contributed by atoms with Crippen LogP contribution in [-0.2, 0) is 0 Å². The van der Waals surface area contributed by atoms with E-state index in [4.69, 9.17) is 14.2 Å². The third-order valence-corrected chi connectivity index (χ3v) is 5.06. The van der Waals surface area contributed by atoms with Gasteiger partial charge >= 0.3 is 0 Å². The number of hydrogen-bond donors (Lipinski definition) is 2. The minimum absolute atomic E-state index is 0.0662. The molecule has 1 atom stereocenters. The summed E-state index contributed by atoms with van der Waals surface area (Å²) in [4.78, 5) is 0. The summed E-state index contributed by atoms with van der Waals surface area (Å²) in [6, 6.07) is 15.4. The predicted molar refractivity (Wildman–Crippen MR) is 109 cm³/mol. The van der Waals surface area contributed by atoms with E-state index < -0.39 is 0 Å². The Labute approximate surface area is 163 Å². The van der Waals surface area contributed by atoms with E-state index >= 15 is 0 Å². The number of hydrogen-bond acceptors (Lipinski definition) is 6. The lowest BCUT2D eigenvalue weighted by Gasteiger charge is -2.17. The molecular formula is C22H22N2O4.